The Bertz CT molecular complexity index is 720. The van der Waals surface area contributed by atoms with Crippen LogP contribution in [0.1, 0.15) is 38.1 Å². The molecule has 1 aliphatic heterocycles. The second kappa shape index (κ2) is 9.64. The lowest BCUT2D eigenvalue weighted by molar-refractivity contribution is -0.941. The number of nitrogens with one attached hydrogen (secondary N) is 2. The number of hydrogen-bond acceptors (Lipinski definition) is 4. The van der Waals surface area contributed by atoms with Gasteiger partial charge in [0.25, 0.3) is 5.91 Å². The SMILES string of the molecule is CC(C)[NH+](CCNC(=O)c1cccc(S(=O)(=O)N2CCOCC2)c1)C(C)C. The number of carbonyl (C=O) groups excluding carboxylic acids is 1. The van der Waals surface area contributed by atoms with Gasteiger partial charge in [-0.1, -0.05) is 6.07 Å². The molecule has 7 nitrogen and oxygen atoms in total. The van der Waals surface area contributed by atoms with Crippen molar-refractivity contribution < 1.29 is 22.8 Å². The summed E-state index contributed by atoms with van der Waals surface area (Å²) in [7, 11) is -3.61. The van der Waals surface area contributed by atoms with E-state index in [0.29, 0.717) is 50.5 Å². The number of quaternary nitrogens is 1. The van der Waals surface area contributed by atoms with Gasteiger partial charge in [0.1, 0.15) is 0 Å². The van der Waals surface area contributed by atoms with Gasteiger partial charge in [-0.15, -0.1) is 0 Å². The highest BCUT2D eigenvalue weighted by Crippen LogP contribution is 2.18. The van der Waals surface area contributed by atoms with Crippen LogP contribution in [0.5, 0.6) is 0 Å². The van der Waals surface area contributed by atoms with Gasteiger partial charge >= 0.3 is 0 Å². The maximum absolute atomic E-state index is 12.8. The Balaban J connectivity index is 2.02. The molecule has 0 radical (unpaired) electrons. The second-order valence-corrected chi connectivity index (χ2v) is 9.37. The molecule has 0 spiro atoms. The van der Waals surface area contributed by atoms with Crippen molar-refractivity contribution in [2.45, 2.75) is 44.7 Å². The highest BCUT2D eigenvalue weighted by Gasteiger charge is 2.27. The number of benzene rings is 1. The van der Waals surface area contributed by atoms with Gasteiger partial charge in [0.2, 0.25) is 10.0 Å². The molecular weight excluding hydrogens is 366 g/mol. The zero-order valence-electron chi connectivity index (χ0n) is 16.7. The van der Waals surface area contributed by atoms with E-state index in [0.717, 1.165) is 6.54 Å². The van der Waals surface area contributed by atoms with Crippen LogP contribution in [0.3, 0.4) is 0 Å². The number of hydrogen-bond donors (Lipinski definition) is 2. The van der Waals surface area contributed by atoms with E-state index in [1.807, 2.05) is 0 Å². The maximum Gasteiger partial charge on any atom is 0.251 e. The van der Waals surface area contributed by atoms with Crippen molar-refractivity contribution >= 4 is 15.9 Å². The van der Waals surface area contributed by atoms with Gasteiger partial charge in [-0.2, -0.15) is 4.31 Å². The van der Waals surface area contributed by atoms with Gasteiger partial charge in [0.05, 0.1) is 43.3 Å². The van der Waals surface area contributed by atoms with Gasteiger partial charge in [-0.3, -0.25) is 4.79 Å². The molecule has 0 atom stereocenters. The molecule has 1 saturated heterocycles. The predicted molar refractivity (Wildman–Crippen MR) is 104 cm³/mol. The molecule has 0 saturated carbocycles. The molecular formula is C19H32N3O4S+. The molecule has 1 amide bonds. The Labute approximate surface area is 162 Å². The molecule has 27 heavy (non-hydrogen) atoms. The van der Waals surface area contributed by atoms with Crippen molar-refractivity contribution in [3.63, 3.8) is 0 Å². The highest BCUT2D eigenvalue weighted by molar-refractivity contribution is 7.89. The summed E-state index contributed by atoms with van der Waals surface area (Å²) >= 11 is 0. The first kappa shape index (κ1) is 21.8. The van der Waals surface area contributed by atoms with Gasteiger partial charge in [-0.05, 0) is 45.9 Å². The normalized spacial score (nSPS) is 16.3. The summed E-state index contributed by atoms with van der Waals surface area (Å²) in [5.41, 5.74) is 0.361. The molecule has 1 fully saturated rings. The Hall–Kier alpha value is -1.48. The Kier molecular flexibility index (Phi) is 7.79. The number of rotatable bonds is 8. The van der Waals surface area contributed by atoms with E-state index in [1.54, 1.807) is 12.1 Å². The van der Waals surface area contributed by atoms with Gasteiger partial charge in [-0.25, -0.2) is 8.42 Å². The summed E-state index contributed by atoms with van der Waals surface area (Å²) in [5, 5.41) is 2.91. The van der Waals surface area contributed by atoms with Gasteiger partial charge < -0.3 is 15.0 Å². The van der Waals surface area contributed by atoms with Crippen LogP contribution >= 0.6 is 0 Å². The zero-order chi connectivity index (χ0) is 20.0. The molecule has 1 heterocycles. The van der Waals surface area contributed by atoms with Crippen LogP contribution in [-0.4, -0.2) is 70.1 Å². The smallest absolute Gasteiger partial charge is 0.251 e. The van der Waals surface area contributed by atoms with Crippen LogP contribution in [0.2, 0.25) is 0 Å². The summed E-state index contributed by atoms with van der Waals surface area (Å²) in [6, 6.07) is 7.19. The number of ether oxygens (including phenoxy) is 1. The zero-order valence-corrected chi connectivity index (χ0v) is 17.5. The number of carbonyl (C=O) groups is 1. The Morgan fingerprint density at radius 2 is 1.81 bits per heavy atom. The maximum atomic E-state index is 12.8. The van der Waals surface area contributed by atoms with Crippen LogP contribution in [0.25, 0.3) is 0 Å². The van der Waals surface area contributed by atoms with Crippen LogP contribution in [0, 0.1) is 0 Å². The minimum Gasteiger partial charge on any atom is -0.379 e. The molecule has 0 bridgehead atoms. The third-order valence-corrected chi connectivity index (χ3v) is 6.78. The van der Waals surface area contributed by atoms with Crippen molar-refractivity contribution in [3.8, 4) is 0 Å². The van der Waals surface area contributed by atoms with E-state index in [1.165, 1.54) is 21.3 Å². The summed E-state index contributed by atoms with van der Waals surface area (Å²) < 4.78 is 32.1. The molecule has 0 unspecified atom stereocenters. The van der Waals surface area contributed by atoms with Crippen molar-refractivity contribution in [1.29, 1.82) is 0 Å². The van der Waals surface area contributed by atoms with Crippen LogP contribution in [0.4, 0.5) is 0 Å². The van der Waals surface area contributed by atoms with E-state index in [9.17, 15) is 13.2 Å². The standard InChI is InChI=1S/C19H31N3O4S/c1-15(2)22(16(3)4)9-8-20-19(23)17-6-5-7-18(14-17)27(24,25)21-10-12-26-13-11-21/h5-7,14-16H,8-13H2,1-4H3,(H,20,23)/p+1. The van der Waals surface area contributed by atoms with E-state index < -0.39 is 10.0 Å². The molecule has 0 aromatic heterocycles. The number of amides is 1. The number of nitrogens with zero attached hydrogens (tertiary/aromatic N) is 1. The van der Waals surface area contributed by atoms with Crippen LogP contribution in [0.15, 0.2) is 29.2 Å². The molecule has 8 heteroatoms. The lowest BCUT2D eigenvalue weighted by Gasteiger charge is -2.27. The van der Waals surface area contributed by atoms with Gasteiger partial charge in [0, 0.05) is 18.7 Å². The quantitative estimate of drug-likeness (QED) is 0.653. The Morgan fingerprint density at radius 3 is 2.41 bits per heavy atom. The fourth-order valence-corrected chi connectivity index (χ4v) is 4.85. The first-order valence-electron chi connectivity index (χ1n) is 9.55. The lowest BCUT2D eigenvalue weighted by Crippen LogP contribution is -3.18. The summed E-state index contributed by atoms with van der Waals surface area (Å²) in [6.07, 6.45) is 0. The van der Waals surface area contributed by atoms with Crippen molar-refractivity contribution in [2.75, 3.05) is 39.4 Å². The third kappa shape index (κ3) is 5.75. The fourth-order valence-electron chi connectivity index (χ4n) is 3.40. The molecule has 1 aromatic rings. The number of sulfonamides is 1. The fraction of sp³-hybridized carbons (Fsp3) is 0.632. The molecule has 2 rings (SSSR count). The largest absolute Gasteiger partial charge is 0.379 e. The average Bonchev–Trinajstić information content (AvgIpc) is 2.65. The molecule has 2 N–H and O–H groups in total. The lowest BCUT2D eigenvalue weighted by atomic mass is 10.2. The second-order valence-electron chi connectivity index (χ2n) is 7.43. The van der Waals surface area contributed by atoms with Crippen molar-refractivity contribution in [2.24, 2.45) is 0 Å². The first-order chi connectivity index (χ1) is 12.7. The van der Waals surface area contributed by atoms with Crippen molar-refractivity contribution in [1.82, 2.24) is 9.62 Å². The monoisotopic (exact) mass is 398 g/mol. The van der Waals surface area contributed by atoms with Crippen LogP contribution in [-0.2, 0) is 14.8 Å². The summed E-state index contributed by atoms with van der Waals surface area (Å²) in [4.78, 5) is 14.0. The highest BCUT2D eigenvalue weighted by atomic mass is 32.2. The summed E-state index contributed by atoms with van der Waals surface area (Å²) in [6.45, 7) is 11.5. The topological polar surface area (TPSA) is 80.2 Å². The van der Waals surface area contributed by atoms with Crippen molar-refractivity contribution in [3.05, 3.63) is 29.8 Å². The minimum absolute atomic E-state index is 0.147. The molecule has 1 aromatic carbocycles. The summed E-state index contributed by atoms with van der Waals surface area (Å²) in [5.74, 6) is -0.249. The predicted octanol–water partition coefficient (Wildman–Crippen LogP) is 0.139. The van der Waals surface area contributed by atoms with E-state index >= 15 is 0 Å². The third-order valence-electron chi connectivity index (χ3n) is 4.89. The molecule has 0 aliphatic carbocycles. The number of morpholine rings is 1. The van der Waals surface area contributed by atoms with E-state index in [2.05, 4.69) is 33.0 Å². The van der Waals surface area contributed by atoms with Crippen LogP contribution < -0.4 is 10.2 Å². The molecule has 152 valence electrons. The molecule has 1 aliphatic rings. The van der Waals surface area contributed by atoms with E-state index in [4.69, 9.17) is 4.74 Å². The van der Waals surface area contributed by atoms with Gasteiger partial charge in [0.15, 0.2) is 0 Å². The first-order valence-corrected chi connectivity index (χ1v) is 11.0. The minimum atomic E-state index is -3.61. The Morgan fingerprint density at radius 1 is 1.19 bits per heavy atom. The average molecular weight is 399 g/mol. The van der Waals surface area contributed by atoms with E-state index in [-0.39, 0.29) is 10.8 Å².